The quantitative estimate of drug-likeness (QED) is 0.700. The van der Waals surface area contributed by atoms with Crippen molar-refractivity contribution in [3.05, 3.63) is 53.3 Å². The third-order valence-electron chi connectivity index (χ3n) is 2.97. The Bertz CT molecular complexity index is 632. The predicted octanol–water partition coefficient (Wildman–Crippen LogP) is 1.44. The molecule has 0 radical (unpaired) electrons. The first-order chi connectivity index (χ1) is 10.1. The van der Waals surface area contributed by atoms with E-state index in [1.54, 1.807) is 6.07 Å². The number of nitrogens with one attached hydrogen (secondary N) is 2. The van der Waals surface area contributed by atoms with Crippen LogP contribution in [0.5, 0.6) is 0 Å². The van der Waals surface area contributed by atoms with E-state index in [-0.39, 0.29) is 12.3 Å². The number of H-pyrrole nitrogens is 1. The zero-order chi connectivity index (χ0) is 15.2. The fraction of sp³-hybridized carbons (Fsp3) is 0.200. The van der Waals surface area contributed by atoms with Crippen molar-refractivity contribution >= 4 is 17.6 Å². The molecule has 0 fully saturated rings. The average Bonchev–Trinajstić information content (AvgIpc) is 2.94. The summed E-state index contributed by atoms with van der Waals surface area (Å²) >= 11 is 0. The Morgan fingerprint density at radius 1 is 1.19 bits per heavy atom. The van der Waals surface area contributed by atoms with Gasteiger partial charge in [-0.3, -0.25) is 4.79 Å². The van der Waals surface area contributed by atoms with Crippen LogP contribution in [0.3, 0.4) is 0 Å². The van der Waals surface area contributed by atoms with Crippen LogP contribution in [0.1, 0.15) is 21.7 Å². The van der Waals surface area contributed by atoms with Gasteiger partial charge < -0.3 is 20.8 Å². The number of carbonyl (C=O) groups is 2. The number of amides is 1. The van der Waals surface area contributed by atoms with E-state index in [0.717, 1.165) is 16.9 Å². The van der Waals surface area contributed by atoms with E-state index in [1.807, 2.05) is 30.3 Å². The summed E-state index contributed by atoms with van der Waals surface area (Å²) in [6.07, 6.45) is 0.236. The molecule has 0 aliphatic carbocycles. The summed E-state index contributed by atoms with van der Waals surface area (Å²) in [6, 6.07) is 11.0. The monoisotopic (exact) mass is 287 g/mol. The van der Waals surface area contributed by atoms with Crippen LogP contribution in [0, 0.1) is 0 Å². The number of rotatable bonds is 6. The van der Waals surface area contributed by atoms with E-state index < -0.39 is 5.97 Å². The van der Waals surface area contributed by atoms with Crippen LogP contribution in [0.4, 0.5) is 5.69 Å². The van der Waals surface area contributed by atoms with Gasteiger partial charge in [-0.15, -0.1) is 0 Å². The van der Waals surface area contributed by atoms with Crippen molar-refractivity contribution in [3.63, 3.8) is 0 Å². The molecule has 1 heterocycles. The van der Waals surface area contributed by atoms with E-state index in [0.29, 0.717) is 12.2 Å². The third-order valence-corrected chi connectivity index (χ3v) is 2.97. The minimum absolute atomic E-state index is 0.236. The number of hydrogen-bond acceptors (Lipinski definition) is 4. The molecule has 21 heavy (non-hydrogen) atoms. The summed E-state index contributed by atoms with van der Waals surface area (Å²) in [7, 11) is 1.34. The van der Waals surface area contributed by atoms with Gasteiger partial charge in [0.15, 0.2) is 0 Å². The first-order valence-corrected chi connectivity index (χ1v) is 6.46. The van der Waals surface area contributed by atoms with Gasteiger partial charge in [0, 0.05) is 11.4 Å². The topological polar surface area (TPSA) is 97.2 Å². The van der Waals surface area contributed by atoms with E-state index >= 15 is 0 Å². The predicted molar refractivity (Wildman–Crippen MR) is 78.8 cm³/mol. The highest BCUT2D eigenvalue weighted by Gasteiger charge is 2.07. The smallest absolute Gasteiger partial charge is 0.354 e. The number of esters is 1. The van der Waals surface area contributed by atoms with E-state index in [1.165, 1.54) is 7.11 Å². The Morgan fingerprint density at radius 2 is 1.90 bits per heavy atom. The molecule has 0 saturated heterocycles. The second-order valence-corrected chi connectivity index (χ2v) is 4.58. The van der Waals surface area contributed by atoms with Crippen molar-refractivity contribution in [2.75, 3.05) is 12.4 Å². The highest BCUT2D eigenvalue weighted by atomic mass is 16.5. The van der Waals surface area contributed by atoms with E-state index in [9.17, 15) is 9.59 Å². The lowest BCUT2D eigenvalue weighted by molar-refractivity contribution is -0.117. The number of ether oxygens (including phenoxy) is 1. The maximum Gasteiger partial charge on any atom is 0.354 e. The lowest BCUT2D eigenvalue weighted by atomic mass is 10.1. The van der Waals surface area contributed by atoms with E-state index in [2.05, 4.69) is 15.0 Å². The van der Waals surface area contributed by atoms with Gasteiger partial charge in [-0.2, -0.15) is 0 Å². The molecule has 0 aliphatic heterocycles. The Balaban J connectivity index is 1.92. The van der Waals surface area contributed by atoms with Crippen molar-refractivity contribution in [2.45, 2.75) is 13.0 Å². The van der Waals surface area contributed by atoms with Gasteiger partial charge in [-0.1, -0.05) is 12.1 Å². The number of aromatic amines is 1. The largest absolute Gasteiger partial charge is 0.464 e. The number of nitrogens with two attached hydrogens (primary N) is 1. The number of primary amides is 1. The number of hydrogen-bond donors (Lipinski definition) is 3. The van der Waals surface area contributed by atoms with Gasteiger partial charge in [0.1, 0.15) is 5.69 Å². The number of methoxy groups -OCH3 is 1. The second kappa shape index (κ2) is 6.60. The summed E-state index contributed by atoms with van der Waals surface area (Å²) in [5, 5.41) is 3.21. The first-order valence-electron chi connectivity index (χ1n) is 6.46. The van der Waals surface area contributed by atoms with Crippen LogP contribution in [-0.4, -0.2) is 24.0 Å². The minimum Gasteiger partial charge on any atom is -0.464 e. The maximum atomic E-state index is 11.3. The molecule has 0 bridgehead atoms. The Hall–Kier alpha value is -2.76. The fourth-order valence-electron chi connectivity index (χ4n) is 1.91. The lowest BCUT2D eigenvalue weighted by Crippen LogP contribution is -2.13. The van der Waals surface area contributed by atoms with E-state index in [4.69, 9.17) is 5.73 Å². The van der Waals surface area contributed by atoms with Crippen molar-refractivity contribution in [1.82, 2.24) is 4.98 Å². The summed E-state index contributed by atoms with van der Waals surface area (Å²) < 4.78 is 4.63. The van der Waals surface area contributed by atoms with Crippen LogP contribution in [0.25, 0.3) is 0 Å². The molecular weight excluding hydrogens is 270 g/mol. The first kappa shape index (κ1) is 14.6. The fourth-order valence-corrected chi connectivity index (χ4v) is 1.91. The zero-order valence-corrected chi connectivity index (χ0v) is 11.7. The summed E-state index contributed by atoms with van der Waals surface area (Å²) in [5.74, 6) is -0.741. The highest BCUT2D eigenvalue weighted by molar-refractivity contribution is 5.87. The summed E-state index contributed by atoms with van der Waals surface area (Å²) in [4.78, 5) is 25.1. The molecule has 2 rings (SSSR count). The molecule has 6 nitrogen and oxygen atoms in total. The molecule has 0 atom stereocenters. The van der Waals surface area contributed by atoms with Gasteiger partial charge in [-0.25, -0.2) is 4.79 Å². The maximum absolute atomic E-state index is 11.3. The minimum atomic E-state index is -0.392. The highest BCUT2D eigenvalue weighted by Crippen LogP contribution is 2.12. The normalized spacial score (nSPS) is 10.1. The van der Waals surface area contributed by atoms with Gasteiger partial charge in [0.2, 0.25) is 5.91 Å². The van der Waals surface area contributed by atoms with Crippen molar-refractivity contribution in [3.8, 4) is 0 Å². The van der Waals surface area contributed by atoms with Gasteiger partial charge in [0.25, 0.3) is 0 Å². The molecule has 1 amide bonds. The number of benzene rings is 1. The van der Waals surface area contributed by atoms with Gasteiger partial charge >= 0.3 is 5.97 Å². The molecule has 1 aromatic heterocycles. The summed E-state index contributed by atoms with van der Waals surface area (Å²) in [5.41, 5.74) is 8.22. The molecule has 0 aliphatic rings. The molecule has 2 aromatic rings. The third kappa shape index (κ3) is 4.10. The Labute approximate surface area is 122 Å². The molecular formula is C15H17N3O3. The van der Waals surface area contributed by atoms with Crippen LogP contribution in [0.15, 0.2) is 36.4 Å². The molecule has 0 saturated carbocycles. The van der Waals surface area contributed by atoms with Crippen LogP contribution in [-0.2, 0) is 22.5 Å². The zero-order valence-electron chi connectivity index (χ0n) is 11.7. The van der Waals surface area contributed by atoms with Crippen LogP contribution < -0.4 is 11.1 Å². The van der Waals surface area contributed by atoms with Crippen molar-refractivity contribution in [2.24, 2.45) is 5.73 Å². The number of aromatic nitrogens is 1. The molecule has 1 aromatic carbocycles. The molecule has 0 spiro atoms. The van der Waals surface area contributed by atoms with Gasteiger partial charge in [0.05, 0.1) is 20.1 Å². The standard InChI is InChI=1S/C15H17N3O3/c1-21-15(20)13-7-6-12(18-13)9-17-11-4-2-10(3-5-11)8-14(16)19/h2-7,17-18H,8-9H2,1H3,(H2,16,19). The Kier molecular flexibility index (Phi) is 4.61. The van der Waals surface area contributed by atoms with Gasteiger partial charge in [-0.05, 0) is 29.8 Å². The molecule has 110 valence electrons. The Morgan fingerprint density at radius 3 is 2.52 bits per heavy atom. The van der Waals surface area contributed by atoms with Crippen molar-refractivity contribution in [1.29, 1.82) is 0 Å². The van der Waals surface area contributed by atoms with Crippen LogP contribution in [0.2, 0.25) is 0 Å². The number of anilines is 1. The van der Waals surface area contributed by atoms with Crippen molar-refractivity contribution < 1.29 is 14.3 Å². The molecule has 6 heteroatoms. The SMILES string of the molecule is COC(=O)c1ccc(CNc2ccc(CC(N)=O)cc2)[nH]1. The lowest BCUT2D eigenvalue weighted by Gasteiger charge is -2.06. The number of carbonyl (C=O) groups excluding carboxylic acids is 2. The second-order valence-electron chi connectivity index (χ2n) is 4.58. The molecule has 4 N–H and O–H groups in total. The average molecular weight is 287 g/mol. The summed E-state index contributed by atoms with van der Waals surface area (Å²) in [6.45, 7) is 0.548. The van der Waals surface area contributed by atoms with Crippen LogP contribution >= 0.6 is 0 Å². The molecule has 0 unspecified atom stereocenters.